The first-order valence-corrected chi connectivity index (χ1v) is 14.0. The van der Waals surface area contributed by atoms with E-state index in [4.69, 9.17) is 0 Å². The summed E-state index contributed by atoms with van der Waals surface area (Å²) in [6, 6.07) is 16.9. The number of sulfonamides is 1. The Morgan fingerprint density at radius 2 is 1.76 bits per heavy atom. The molecule has 5 rings (SSSR count). The fourth-order valence-corrected chi connectivity index (χ4v) is 7.69. The van der Waals surface area contributed by atoms with Gasteiger partial charge in [0.05, 0.1) is 4.90 Å². The Balaban J connectivity index is 1.20. The maximum atomic E-state index is 13.3. The number of nitrogens with one attached hydrogen (secondary N) is 1. The van der Waals surface area contributed by atoms with Crippen molar-refractivity contribution in [3.8, 4) is 0 Å². The molecule has 1 N–H and O–H groups in total. The number of hydrogen-bond acceptors (Lipinski definition) is 4. The minimum Gasteiger partial charge on any atom is -0.349 e. The SMILES string of the molecule is C[C@@H](NC(=O)c1cccc(S(=O)(=O)N2CCN(Cc3ccccc3)CC2)c1)[C@H]1C[C@@H]2CC[C@H]1C2. The van der Waals surface area contributed by atoms with Gasteiger partial charge in [0.2, 0.25) is 10.0 Å². The Kier molecular flexibility index (Phi) is 6.78. The third-order valence-corrected chi connectivity index (χ3v) is 10.0. The number of nitrogens with zero attached hydrogens (tertiary/aromatic N) is 2. The minimum atomic E-state index is -3.64. The van der Waals surface area contributed by atoms with Crippen molar-refractivity contribution in [3.05, 3.63) is 65.7 Å². The number of carbonyl (C=O) groups excluding carboxylic acids is 1. The van der Waals surface area contributed by atoms with E-state index in [1.807, 2.05) is 18.2 Å². The summed E-state index contributed by atoms with van der Waals surface area (Å²) >= 11 is 0. The van der Waals surface area contributed by atoms with E-state index in [0.717, 1.165) is 18.4 Å². The molecule has 7 heteroatoms. The van der Waals surface area contributed by atoms with Gasteiger partial charge in [-0.3, -0.25) is 9.69 Å². The van der Waals surface area contributed by atoms with Gasteiger partial charge in [-0.05, 0) is 67.7 Å². The summed E-state index contributed by atoms with van der Waals surface area (Å²) in [4.78, 5) is 15.4. The van der Waals surface area contributed by atoms with Crippen LogP contribution in [0.5, 0.6) is 0 Å². The third kappa shape index (κ3) is 4.92. The van der Waals surface area contributed by atoms with Gasteiger partial charge in [0.25, 0.3) is 5.91 Å². The van der Waals surface area contributed by atoms with E-state index < -0.39 is 10.0 Å². The van der Waals surface area contributed by atoms with Crippen molar-refractivity contribution in [3.63, 3.8) is 0 Å². The van der Waals surface area contributed by atoms with E-state index >= 15 is 0 Å². The van der Waals surface area contributed by atoms with Crippen molar-refractivity contribution in [1.82, 2.24) is 14.5 Å². The first-order chi connectivity index (χ1) is 16.4. The van der Waals surface area contributed by atoms with Crippen molar-refractivity contribution in [1.29, 1.82) is 0 Å². The van der Waals surface area contributed by atoms with Crippen LogP contribution in [0.15, 0.2) is 59.5 Å². The summed E-state index contributed by atoms with van der Waals surface area (Å²) < 4.78 is 28.2. The smallest absolute Gasteiger partial charge is 0.251 e. The lowest BCUT2D eigenvalue weighted by Gasteiger charge is -2.34. The van der Waals surface area contributed by atoms with Crippen LogP contribution >= 0.6 is 0 Å². The van der Waals surface area contributed by atoms with Gasteiger partial charge >= 0.3 is 0 Å². The Morgan fingerprint density at radius 3 is 2.44 bits per heavy atom. The maximum Gasteiger partial charge on any atom is 0.251 e. The van der Waals surface area contributed by atoms with E-state index in [1.165, 1.54) is 37.3 Å². The first kappa shape index (κ1) is 23.5. The van der Waals surface area contributed by atoms with Gasteiger partial charge in [0, 0.05) is 44.3 Å². The van der Waals surface area contributed by atoms with Crippen molar-refractivity contribution >= 4 is 15.9 Å². The fourth-order valence-electron chi connectivity index (χ4n) is 6.22. The molecule has 34 heavy (non-hydrogen) atoms. The van der Waals surface area contributed by atoms with Crippen LogP contribution in [0.3, 0.4) is 0 Å². The molecule has 3 aliphatic rings. The van der Waals surface area contributed by atoms with Crippen LogP contribution in [-0.2, 0) is 16.6 Å². The normalized spacial score (nSPS) is 26.4. The molecule has 2 aromatic rings. The molecular weight excluding hydrogens is 446 g/mol. The predicted molar refractivity (Wildman–Crippen MR) is 133 cm³/mol. The van der Waals surface area contributed by atoms with Crippen LogP contribution in [0.1, 0.15) is 48.5 Å². The minimum absolute atomic E-state index is 0.112. The molecule has 0 radical (unpaired) electrons. The maximum absolute atomic E-state index is 13.3. The Labute approximate surface area is 203 Å². The van der Waals surface area contributed by atoms with Crippen molar-refractivity contribution in [2.75, 3.05) is 26.2 Å². The van der Waals surface area contributed by atoms with Crippen LogP contribution in [0.25, 0.3) is 0 Å². The summed E-state index contributed by atoms with van der Waals surface area (Å²) in [7, 11) is -3.64. The molecule has 2 bridgehead atoms. The van der Waals surface area contributed by atoms with E-state index in [9.17, 15) is 13.2 Å². The number of piperazine rings is 1. The number of hydrogen-bond donors (Lipinski definition) is 1. The van der Waals surface area contributed by atoms with Crippen LogP contribution in [0.2, 0.25) is 0 Å². The zero-order chi connectivity index (χ0) is 23.7. The fraction of sp³-hybridized carbons (Fsp3) is 0.519. The van der Waals surface area contributed by atoms with Gasteiger partial charge in [-0.15, -0.1) is 0 Å². The van der Waals surface area contributed by atoms with Crippen LogP contribution in [-0.4, -0.2) is 55.8 Å². The molecule has 2 aliphatic carbocycles. The molecule has 6 nitrogen and oxygen atoms in total. The van der Waals surface area contributed by atoms with Gasteiger partial charge in [0.1, 0.15) is 0 Å². The summed E-state index contributed by atoms with van der Waals surface area (Å²) in [5.74, 6) is 1.92. The molecule has 0 unspecified atom stereocenters. The van der Waals surface area contributed by atoms with Gasteiger partial charge in [-0.1, -0.05) is 42.8 Å². The number of rotatable bonds is 7. The molecule has 2 saturated carbocycles. The van der Waals surface area contributed by atoms with Crippen molar-refractivity contribution in [2.45, 2.75) is 50.1 Å². The number of fused-ring (bicyclic) bond motifs is 2. The predicted octanol–water partition coefficient (Wildman–Crippen LogP) is 3.75. The topological polar surface area (TPSA) is 69.7 Å². The molecule has 0 spiro atoms. The number of benzene rings is 2. The average molecular weight is 482 g/mol. The second-order valence-electron chi connectivity index (χ2n) is 10.3. The second-order valence-corrected chi connectivity index (χ2v) is 12.2. The van der Waals surface area contributed by atoms with E-state index in [0.29, 0.717) is 37.7 Å². The molecule has 1 aliphatic heterocycles. The zero-order valence-corrected chi connectivity index (χ0v) is 20.7. The lowest BCUT2D eigenvalue weighted by atomic mass is 9.84. The highest BCUT2D eigenvalue weighted by Gasteiger charge is 2.42. The molecule has 1 amide bonds. The molecule has 1 saturated heterocycles. The average Bonchev–Trinajstić information content (AvgIpc) is 3.49. The first-order valence-electron chi connectivity index (χ1n) is 12.6. The Hall–Kier alpha value is -2.22. The number of carbonyl (C=O) groups is 1. The Morgan fingerprint density at radius 1 is 1.00 bits per heavy atom. The Bertz CT molecular complexity index is 1110. The molecule has 4 atom stereocenters. The van der Waals surface area contributed by atoms with Crippen LogP contribution < -0.4 is 5.32 Å². The monoisotopic (exact) mass is 481 g/mol. The van der Waals surface area contributed by atoms with Crippen LogP contribution in [0, 0.1) is 17.8 Å². The zero-order valence-electron chi connectivity index (χ0n) is 19.9. The lowest BCUT2D eigenvalue weighted by molar-refractivity contribution is 0.0915. The summed E-state index contributed by atoms with van der Waals surface area (Å²) in [6.45, 7) is 5.20. The second kappa shape index (κ2) is 9.80. The molecule has 2 aromatic carbocycles. The van der Waals surface area contributed by atoms with Crippen molar-refractivity contribution < 1.29 is 13.2 Å². The highest BCUT2D eigenvalue weighted by Crippen LogP contribution is 2.49. The van der Waals surface area contributed by atoms with Crippen LogP contribution in [0.4, 0.5) is 0 Å². The molecule has 1 heterocycles. The molecule has 182 valence electrons. The molecular formula is C27H35N3O3S. The van der Waals surface area contributed by atoms with E-state index in [1.54, 1.807) is 22.5 Å². The van der Waals surface area contributed by atoms with Gasteiger partial charge in [0.15, 0.2) is 0 Å². The number of amides is 1. The van der Waals surface area contributed by atoms with E-state index in [-0.39, 0.29) is 16.8 Å². The third-order valence-electron chi connectivity index (χ3n) is 8.11. The molecule has 0 aromatic heterocycles. The van der Waals surface area contributed by atoms with Gasteiger partial charge in [-0.25, -0.2) is 8.42 Å². The summed E-state index contributed by atoms with van der Waals surface area (Å²) in [5.41, 5.74) is 1.65. The van der Waals surface area contributed by atoms with Gasteiger partial charge in [-0.2, -0.15) is 4.31 Å². The summed E-state index contributed by atoms with van der Waals surface area (Å²) in [5, 5.41) is 3.16. The highest BCUT2D eigenvalue weighted by molar-refractivity contribution is 7.89. The largest absolute Gasteiger partial charge is 0.349 e. The summed E-state index contributed by atoms with van der Waals surface area (Å²) in [6.07, 6.45) is 5.12. The van der Waals surface area contributed by atoms with E-state index in [2.05, 4.69) is 29.3 Å². The molecule has 3 fully saturated rings. The van der Waals surface area contributed by atoms with Crippen molar-refractivity contribution in [2.24, 2.45) is 17.8 Å². The van der Waals surface area contributed by atoms with Gasteiger partial charge < -0.3 is 5.32 Å². The highest BCUT2D eigenvalue weighted by atomic mass is 32.2. The standard InChI is InChI=1S/C27H35N3O3S/c1-20(26-17-22-10-11-23(26)16-22)28-27(31)24-8-5-9-25(18-24)34(32,33)30-14-12-29(13-15-30)19-21-6-3-2-4-7-21/h2-9,18,20,22-23,26H,10-17,19H2,1H3,(H,28,31)/t20-,22-,23+,26-/m1/s1. The lowest BCUT2D eigenvalue weighted by Crippen LogP contribution is -2.48. The quantitative estimate of drug-likeness (QED) is 0.654.